The molecule has 3 heterocycles. The summed E-state index contributed by atoms with van der Waals surface area (Å²) in [4.78, 5) is 30.4. The summed E-state index contributed by atoms with van der Waals surface area (Å²) in [6.45, 7) is 3.60. The number of hydrogen-bond acceptors (Lipinski definition) is 6. The fourth-order valence-electron chi connectivity index (χ4n) is 4.10. The number of furan rings is 1. The summed E-state index contributed by atoms with van der Waals surface area (Å²) in [5.74, 6) is 0.00446. The molecule has 1 N–H and O–H groups in total. The lowest BCUT2D eigenvalue weighted by molar-refractivity contribution is -0.125. The SMILES string of the molecule is CC(C)n1ncc2c(C(=O)OCC(=O)NC(c3ccccc3)C3CC3)cc(-c3ccco3)nc21. The first-order chi connectivity index (χ1) is 16.5. The van der Waals surface area contributed by atoms with Crippen LogP contribution in [0.5, 0.6) is 0 Å². The fraction of sp³-hybridized carbons (Fsp3) is 0.308. The second kappa shape index (κ2) is 9.13. The van der Waals surface area contributed by atoms with Crippen LogP contribution < -0.4 is 5.32 Å². The van der Waals surface area contributed by atoms with Gasteiger partial charge in [-0.3, -0.25) is 4.79 Å². The lowest BCUT2D eigenvalue weighted by Crippen LogP contribution is -2.33. The van der Waals surface area contributed by atoms with Crippen LogP contribution in [-0.2, 0) is 9.53 Å². The van der Waals surface area contributed by atoms with Gasteiger partial charge in [0.2, 0.25) is 0 Å². The number of aromatic nitrogens is 3. The predicted molar refractivity (Wildman–Crippen MR) is 126 cm³/mol. The van der Waals surface area contributed by atoms with Crippen molar-refractivity contribution < 1.29 is 18.7 Å². The number of nitrogens with zero attached hydrogens (tertiary/aromatic N) is 3. The molecule has 1 atom stereocenters. The first kappa shape index (κ1) is 21.9. The molecule has 1 aliphatic rings. The van der Waals surface area contributed by atoms with Crippen LogP contribution in [0.1, 0.15) is 54.7 Å². The number of esters is 1. The van der Waals surface area contributed by atoms with E-state index in [-0.39, 0.29) is 30.2 Å². The summed E-state index contributed by atoms with van der Waals surface area (Å²) >= 11 is 0. The van der Waals surface area contributed by atoms with E-state index in [2.05, 4.69) is 15.4 Å². The number of benzene rings is 1. The highest BCUT2D eigenvalue weighted by molar-refractivity contribution is 6.04. The third kappa shape index (κ3) is 4.44. The molecule has 8 nitrogen and oxygen atoms in total. The summed E-state index contributed by atoms with van der Waals surface area (Å²) in [6.07, 6.45) is 5.30. The average molecular weight is 459 g/mol. The third-order valence-corrected chi connectivity index (χ3v) is 5.95. The zero-order chi connectivity index (χ0) is 23.7. The molecule has 1 saturated carbocycles. The van der Waals surface area contributed by atoms with E-state index in [1.165, 1.54) is 0 Å². The monoisotopic (exact) mass is 458 g/mol. The Morgan fingerprint density at radius 1 is 1.18 bits per heavy atom. The zero-order valence-corrected chi connectivity index (χ0v) is 19.1. The molecule has 1 unspecified atom stereocenters. The quantitative estimate of drug-likeness (QED) is 0.384. The number of hydrogen-bond donors (Lipinski definition) is 1. The van der Waals surface area contributed by atoms with Crippen LogP contribution in [0.2, 0.25) is 0 Å². The van der Waals surface area contributed by atoms with Gasteiger partial charge >= 0.3 is 5.97 Å². The topological polar surface area (TPSA) is 99.2 Å². The Hall–Kier alpha value is -3.94. The van der Waals surface area contributed by atoms with Gasteiger partial charge in [0.25, 0.3) is 5.91 Å². The van der Waals surface area contributed by atoms with Gasteiger partial charge in [0, 0.05) is 6.04 Å². The van der Waals surface area contributed by atoms with Crippen LogP contribution >= 0.6 is 0 Å². The summed E-state index contributed by atoms with van der Waals surface area (Å²) in [6, 6.07) is 15.0. The maximum absolute atomic E-state index is 13.1. The molecule has 1 aliphatic carbocycles. The van der Waals surface area contributed by atoms with Crippen LogP contribution in [0.3, 0.4) is 0 Å². The first-order valence-electron chi connectivity index (χ1n) is 11.4. The molecule has 0 saturated heterocycles. The van der Waals surface area contributed by atoms with Crippen molar-refractivity contribution >= 4 is 22.9 Å². The third-order valence-electron chi connectivity index (χ3n) is 5.95. The van der Waals surface area contributed by atoms with E-state index in [1.54, 1.807) is 35.3 Å². The van der Waals surface area contributed by atoms with Gasteiger partial charge in [0.05, 0.1) is 29.5 Å². The van der Waals surface area contributed by atoms with Gasteiger partial charge in [-0.2, -0.15) is 5.10 Å². The van der Waals surface area contributed by atoms with E-state index in [0.717, 1.165) is 18.4 Å². The highest BCUT2D eigenvalue weighted by Gasteiger charge is 2.33. The number of nitrogens with one attached hydrogen (secondary N) is 1. The highest BCUT2D eigenvalue weighted by atomic mass is 16.5. The van der Waals surface area contributed by atoms with Crippen LogP contribution in [0.4, 0.5) is 0 Å². The molecule has 0 bridgehead atoms. The minimum atomic E-state index is -0.610. The second-order valence-corrected chi connectivity index (χ2v) is 8.82. The molecule has 5 rings (SSSR count). The van der Waals surface area contributed by atoms with Gasteiger partial charge in [-0.15, -0.1) is 0 Å². The van der Waals surface area contributed by atoms with Gasteiger partial charge in [-0.1, -0.05) is 30.3 Å². The maximum atomic E-state index is 13.1. The van der Waals surface area contributed by atoms with E-state index in [4.69, 9.17) is 9.15 Å². The van der Waals surface area contributed by atoms with Crippen molar-refractivity contribution in [2.45, 2.75) is 38.8 Å². The molecule has 3 aromatic heterocycles. The van der Waals surface area contributed by atoms with Gasteiger partial charge in [-0.05, 0) is 56.4 Å². The number of carbonyl (C=O) groups is 2. The summed E-state index contributed by atoms with van der Waals surface area (Å²) < 4.78 is 12.7. The van der Waals surface area contributed by atoms with Gasteiger partial charge in [0.15, 0.2) is 18.0 Å². The molecule has 174 valence electrons. The zero-order valence-electron chi connectivity index (χ0n) is 19.1. The van der Waals surface area contributed by atoms with Crippen molar-refractivity contribution in [3.05, 3.63) is 72.1 Å². The van der Waals surface area contributed by atoms with Crippen LogP contribution in [0, 0.1) is 5.92 Å². The van der Waals surface area contributed by atoms with E-state index >= 15 is 0 Å². The van der Waals surface area contributed by atoms with Gasteiger partial charge < -0.3 is 14.5 Å². The van der Waals surface area contributed by atoms with E-state index in [1.807, 2.05) is 44.2 Å². The number of amides is 1. The predicted octanol–water partition coefficient (Wildman–Crippen LogP) is 4.70. The van der Waals surface area contributed by atoms with Crippen LogP contribution in [0.25, 0.3) is 22.5 Å². The Labute approximate surface area is 196 Å². The van der Waals surface area contributed by atoms with E-state index < -0.39 is 5.97 Å². The Morgan fingerprint density at radius 2 is 1.97 bits per heavy atom. The number of rotatable bonds is 8. The van der Waals surface area contributed by atoms with Crippen molar-refractivity contribution in [2.75, 3.05) is 6.61 Å². The highest BCUT2D eigenvalue weighted by Crippen LogP contribution is 2.40. The Morgan fingerprint density at radius 3 is 2.65 bits per heavy atom. The molecule has 0 aliphatic heterocycles. The van der Waals surface area contributed by atoms with Crippen molar-refractivity contribution in [3.8, 4) is 11.5 Å². The molecular weight excluding hydrogens is 432 g/mol. The van der Waals surface area contributed by atoms with E-state index in [0.29, 0.717) is 28.4 Å². The molecule has 4 aromatic rings. The largest absolute Gasteiger partial charge is 0.463 e. The summed E-state index contributed by atoms with van der Waals surface area (Å²) in [5, 5.41) is 7.99. The van der Waals surface area contributed by atoms with Crippen LogP contribution in [-0.4, -0.2) is 33.2 Å². The Bertz CT molecular complexity index is 1310. The number of carbonyl (C=O) groups excluding carboxylic acids is 2. The fourth-order valence-corrected chi connectivity index (χ4v) is 4.10. The molecule has 0 spiro atoms. The minimum Gasteiger partial charge on any atom is -0.463 e. The molecule has 34 heavy (non-hydrogen) atoms. The average Bonchev–Trinajstić information content (AvgIpc) is 3.35. The maximum Gasteiger partial charge on any atom is 0.339 e. The van der Waals surface area contributed by atoms with Crippen LogP contribution in [0.15, 0.2) is 65.4 Å². The van der Waals surface area contributed by atoms with Crippen molar-refractivity contribution in [1.29, 1.82) is 0 Å². The lowest BCUT2D eigenvalue weighted by atomic mass is 10.0. The number of ether oxygens (including phenoxy) is 1. The molecular formula is C26H26N4O4. The molecule has 1 amide bonds. The smallest absolute Gasteiger partial charge is 0.339 e. The van der Waals surface area contributed by atoms with E-state index in [9.17, 15) is 9.59 Å². The van der Waals surface area contributed by atoms with Crippen molar-refractivity contribution in [1.82, 2.24) is 20.1 Å². The standard InChI is InChI=1S/C26H26N4O4/c1-16(2)30-25-20(14-27-30)19(13-21(28-25)22-9-6-12-33-22)26(32)34-15-23(31)29-24(18-10-11-18)17-7-4-3-5-8-17/h3-9,12-14,16,18,24H,10-11,15H2,1-2H3,(H,29,31). The van der Waals surface area contributed by atoms with Gasteiger partial charge in [-0.25, -0.2) is 14.5 Å². The number of fused-ring (bicyclic) bond motifs is 1. The van der Waals surface area contributed by atoms with Crippen molar-refractivity contribution in [2.24, 2.45) is 5.92 Å². The second-order valence-electron chi connectivity index (χ2n) is 8.82. The minimum absolute atomic E-state index is 0.0452. The first-order valence-corrected chi connectivity index (χ1v) is 11.4. The molecule has 8 heteroatoms. The van der Waals surface area contributed by atoms with Crippen molar-refractivity contribution in [3.63, 3.8) is 0 Å². The normalized spacial score (nSPS) is 14.3. The molecule has 0 radical (unpaired) electrons. The molecule has 1 aromatic carbocycles. The Balaban J connectivity index is 1.35. The summed E-state index contributed by atoms with van der Waals surface area (Å²) in [7, 11) is 0. The number of pyridine rings is 1. The summed E-state index contributed by atoms with van der Waals surface area (Å²) in [5.41, 5.74) is 2.40. The van der Waals surface area contributed by atoms with Gasteiger partial charge in [0.1, 0.15) is 5.69 Å². The Kier molecular flexibility index (Phi) is 5.88. The lowest BCUT2D eigenvalue weighted by Gasteiger charge is -2.18. The molecule has 1 fully saturated rings.